The average Bonchev–Trinajstić information content (AvgIpc) is 3.07. The monoisotopic (exact) mass is 404 g/mol. The lowest BCUT2D eigenvalue weighted by Crippen LogP contribution is -2.09. The zero-order chi connectivity index (χ0) is 21.6. The third-order valence-corrected chi connectivity index (χ3v) is 4.93. The number of aromatic nitrogens is 3. The number of aromatic carboxylic acids is 1. The molecule has 4 rings (SSSR count). The minimum absolute atomic E-state index is 0.0339. The Hall–Kier alpha value is -4.12. The van der Waals surface area contributed by atoms with E-state index in [2.05, 4.69) is 9.97 Å². The molecule has 2 heterocycles. The van der Waals surface area contributed by atoms with Crippen molar-refractivity contribution in [2.24, 2.45) is 7.05 Å². The lowest BCUT2D eigenvalue weighted by Gasteiger charge is -2.12. The molecule has 2 aromatic heterocycles. The van der Waals surface area contributed by atoms with Crippen molar-refractivity contribution in [3.8, 4) is 28.7 Å². The number of nitriles is 1. The number of fused-ring (bicyclic) bond motifs is 1. The maximum Gasteiger partial charge on any atom is 0.354 e. The van der Waals surface area contributed by atoms with Crippen molar-refractivity contribution >= 4 is 16.9 Å². The molecular weight excluding hydrogens is 390 g/mol. The van der Waals surface area contributed by atoms with E-state index in [1.807, 2.05) is 0 Å². The predicted molar refractivity (Wildman–Crippen MR) is 106 cm³/mol. The van der Waals surface area contributed by atoms with Gasteiger partial charge in [0.25, 0.3) is 0 Å². The molecule has 148 valence electrons. The number of carboxylic acids is 1. The minimum Gasteiger partial charge on any atom is -0.476 e. The molecule has 2 aromatic carbocycles. The first-order chi connectivity index (χ1) is 14.3. The zero-order valence-corrected chi connectivity index (χ0v) is 15.9. The van der Waals surface area contributed by atoms with Gasteiger partial charge in [0, 0.05) is 29.8 Å². The molecule has 0 atom stereocenters. The second kappa shape index (κ2) is 7.04. The van der Waals surface area contributed by atoms with Crippen LogP contribution in [0, 0.1) is 29.9 Å². The average molecular weight is 404 g/mol. The van der Waals surface area contributed by atoms with Crippen molar-refractivity contribution < 1.29 is 18.7 Å². The van der Waals surface area contributed by atoms with E-state index in [1.54, 1.807) is 36.0 Å². The van der Waals surface area contributed by atoms with E-state index in [0.717, 1.165) is 11.5 Å². The van der Waals surface area contributed by atoms with E-state index >= 15 is 0 Å². The van der Waals surface area contributed by atoms with Gasteiger partial charge in [-0.25, -0.2) is 23.5 Å². The van der Waals surface area contributed by atoms with Crippen molar-refractivity contribution in [1.82, 2.24) is 14.5 Å². The first-order valence-electron chi connectivity index (χ1n) is 8.87. The largest absolute Gasteiger partial charge is 0.476 e. The molecule has 1 N–H and O–H groups in total. The Balaban J connectivity index is 1.98. The molecule has 0 radical (unpaired) electrons. The van der Waals surface area contributed by atoms with E-state index in [9.17, 15) is 18.7 Å². The van der Waals surface area contributed by atoms with Gasteiger partial charge in [-0.2, -0.15) is 5.26 Å². The molecule has 30 heavy (non-hydrogen) atoms. The van der Waals surface area contributed by atoms with Crippen LogP contribution in [0.1, 0.15) is 21.6 Å². The van der Waals surface area contributed by atoms with Gasteiger partial charge in [0.15, 0.2) is 11.5 Å². The van der Waals surface area contributed by atoms with E-state index in [-0.39, 0.29) is 39.5 Å². The Labute approximate surface area is 169 Å². The summed E-state index contributed by atoms with van der Waals surface area (Å²) in [4.78, 5) is 20.2. The quantitative estimate of drug-likeness (QED) is 0.544. The van der Waals surface area contributed by atoms with Crippen LogP contribution >= 0.6 is 0 Å². The summed E-state index contributed by atoms with van der Waals surface area (Å²) in [5.41, 5.74) is 0.848. The fraction of sp³-hybridized carbons (Fsp3) is 0.0909. The maximum atomic E-state index is 14.9. The molecule has 0 amide bonds. The van der Waals surface area contributed by atoms with E-state index in [0.29, 0.717) is 5.52 Å². The van der Waals surface area contributed by atoms with Crippen molar-refractivity contribution in [3.05, 3.63) is 71.1 Å². The van der Waals surface area contributed by atoms with Crippen LogP contribution in [-0.2, 0) is 7.05 Å². The summed E-state index contributed by atoms with van der Waals surface area (Å²) in [5, 5.41) is 19.2. The summed E-state index contributed by atoms with van der Waals surface area (Å²) >= 11 is 0. The van der Waals surface area contributed by atoms with Crippen molar-refractivity contribution in [1.29, 1.82) is 5.26 Å². The van der Waals surface area contributed by atoms with Gasteiger partial charge in [-0.1, -0.05) is 6.07 Å². The molecule has 6 nitrogen and oxygen atoms in total. The van der Waals surface area contributed by atoms with Crippen LogP contribution in [-0.4, -0.2) is 25.6 Å². The fourth-order valence-corrected chi connectivity index (χ4v) is 3.34. The lowest BCUT2D eigenvalue weighted by atomic mass is 10.0. The Morgan fingerprint density at radius 1 is 1.13 bits per heavy atom. The molecular formula is C22H14F2N4O2. The number of aryl methyl sites for hydroxylation is 1. The smallest absolute Gasteiger partial charge is 0.354 e. The van der Waals surface area contributed by atoms with Crippen molar-refractivity contribution in [3.63, 3.8) is 0 Å². The number of carboxylic acid groups (broad SMARTS) is 1. The molecule has 0 bridgehead atoms. The predicted octanol–water partition coefficient (Wildman–Crippen LogP) is 4.46. The van der Waals surface area contributed by atoms with Gasteiger partial charge in [0.2, 0.25) is 0 Å². The van der Waals surface area contributed by atoms with Gasteiger partial charge in [-0.15, -0.1) is 0 Å². The van der Waals surface area contributed by atoms with Gasteiger partial charge < -0.3 is 9.67 Å². The summed E-state index contributed by atoms with van der Waals surface area (Å²) in [6, 6.07) is 10.2. The topological polar surface area (TPSA) is 91.8 Å². The highest BCUT2D eigenvalue weighted by Crippen LogP contribution is 2.31. The number of rotatable bonds is 3. The fourth-order valence-electron chi connectivity index (χ4n) is 3.34. The van der Waals surface area contributed by atoms with Gasteiger partial charge in [0.1, 0.15) is 17.7 Å². The Morgan fingerprint density at radius 3 is 2.57 bits per heavy atom. The number of hydrogen-bond acceptors (Lipinski definition) is 4. The second-order valence-corrected chi connectivity index (χ2v) is 6.80. The van der Waals surface area contributed by atoms with E-state index in [4.69, 9.17) is 5.26 Å². The maximum absolute atomic E-state index is 14.9. The van der Waals surface area contributed by atoms with Crippen LogP contribution in [0.2, 0.25) is 0 Å². The van der Waals surface area contributed by atoms with Gasteiger partial charge in [0.05, 0.1) is 22.3 Å². The van der Waals surface area contributed by atoms with Crippen molar-refractivity contribution in [2.75, 3.05) is 0 Å². The van der Waals surface area contributed by atoms with Crippen LogP contribution in [0.25, 0.3) is 33.5 Å². The summed E-state index contributed by atoms with van der Waals surface area (Å²) in [7, 11) is 1.78. The van der Waals surface area contributed by atoms with Gasteiger partial charge in [-0.3, -0.25) is 0 Å². The highest BCUT2D eigenvalue weighted by atomic mass is 19.1. The van der Waals surface area contributed by atoms with Crippen LogP contribution in [0.4, 0.5) is 8.78 Å². The van der Waals surface area contributed by atoms with Crippen LogP contribution in [0.15, 0.2) is 42.6 Å². The van der Waals surface area contributed by atoms with E-state index in [1.165, 1.54) is 25.1 Å². The molecule has 0 aliphatic heterocycles. The summed E-state index contributed by atoms with van der Waals surface area (Å²) in [5.74, 6) is -2.81. The molecule has 0 fully saturated rings. The van der Waals surface area contributed by atoms with Crippen LogP contribution in [0.5, 0.6) is 0 Å². The minimum atomic E-state index is -1.31. The number of hydrogen-bond donors (Lipinski definition) is 1. The summed E-state index contributed by atoms with van der Waals surface area (Å²) < 4.78 is 30.8. The molecule has 0 aliphatic carbocycles. The highest BCUT2D eigenvalue weighted by molar-refractivity contribution is 5.91. The van der Waals surface area contributed by atoms with Gasteiger partial charge in [-0.05, 0) is 37.3 Å². The molecule has 0 saturated carbocycles. The summed E-state index contributed by atoms with van der Waals surface area (Å²) in [6.07, 6.45) is 1.78. The Bertz CT molecular complexity index is 1390. The third kappa shape index (κ3) is 3.06. The third-order valence-electron chi connectivity index (χ3n) is 4.93. The first kappa shape index (κ1) is 19.2. The van der Waals surface area contributed by atoms with Crippen LogP contribution < -0.4 is 0 Å². The SMILES string of the molecule is Cc1c(C(=O)O)nc(-c2cc3ccn(C)c3cc2F)nc1-c1ccc(C#N)c(F)c1. The number of carbonyl (C=O) groups is 1. The molecule has 0 aliphatic rings. The molecule has 0 spiro atoms. The number of nitrogens with zero attached hydrogens (tertiary/aromatic N) is 4. The molecule has 8 heteroatoms. The second-order valence-electron chi connectivity index (χ2n) is 6.80. The normalized spacial score (nSPS) is 10.9. The Kier molecular flexibility index (Phi) is 4.51. The number of halogens is 2. The van der Waals surface area contributed by atoms with Crippen molar-refractivity contribution in [2.45, 2.75) is 6.92 Å². The zero-order valence-electron chi connectivity index (χ0n) is 15.9. The van der Waals surface area contributed by atoms with Gasteiger partial charge >= 0.3 is 5.97 Å². The molecule has 0 saturated heterocycles. The van der Waals surface area contributed by atoms with E-state index < -0.39 is 17.6 Å². The molecule has 4 aromatic rings. The molecule has 0 unspecified atom stereocenters. The highest BCUT2D eigenvalue weighted by Gasteiger charge is 2.21. The first-order valence-corrected chi connectivity index (χ1v) is 8.87. The standard InChI is InChI=1S/C22H14F2N4O2/c1-11-19(13-3-4-14(10-25)16(23)8-13)26-21(27-20(11)22(29)30)15-7-12-5-6-28(2)18(12)9-17(15)24/h3-9H,1-2H3,(H,29,30). The van der Waals surface area contributed by atoms with Crippen LogP contribution in [0.3, 0.4) is 0 Å². The number of benzene rings is 2. The Morgan fingerprint density at radius 2 is 1.90 bits per heavy atom. The lowest BCUT2D eigenvalue weighted by molar-refractivity contribution is 0.0689. The summed E-state index contributed by atoms with van der Waals surface area (Å²) in [6.45, 7) is 1.50.